The highest BCUT2D eigenvalue weighted by molar-refractivity contribution is 5.53. The average Bonchev–Trinajstić information content (AvgIpc) is 3.08. The van der Waals surface area contributed by atoms with Gasteiger partial charge in [0.15, 0.2) is 0 Å². The molecule has 1 aliphatic rings. The van der Waals surface area contributed by atoms with Crippen LogP contribution >= 0.6 is 0 Å². The highest BCUT2D eigenvalue weighted by atomic mass is 19.4. The monoisotopic (exact) mass is 261 g/mol. The van der Waals surface area contributed by atoms with Crippen LogP contribution in [0.4, 0.5) is 13.2 Å². The lowest BCUT2D eigenvalue weighted by molar-refractivity contribution is -0.138. The van der Waals surface area contributed by atoms with Crippen molar-refractivity contribution < 1.29 is 23.0 Å². The minimum atomic E-state index is -4.61. The molecule has 3 nitrogen and oxygen atoms in total. The first kappa shape index (κ1) is 13.0. The number of hydrogen-bond acceptors (Lipinski definition) is 3. The van der Waals surface area contributed by atoms with Crippen LogP contribution in [0.3, 0.4) is 0 Å². The summed E-state index contributed by atoms with van der Waals surface area (Å²) in [5.74, 6) is -0.652. The third kappa shape index (κ3) is 2.01. The smallest absolute Gasteiger partial charge is 0.420 e. The number of nitrogens with two attached hydrogens (primary N) is 1. The largest absolute Gasteiger partial charge is 0.507 e. The van der Waals surface area contributed by atoms with Gasteiger partial charge in [0.2, 0.25) is 0 Å². The quantitative estimate of drug-likeness (QED) is 0.878. The maximum absolute atomic E-state index is 12.8. The Morgan fingerprint density at radius 3 is 2.39 bits per heavy atom. The van der Waals surface area contributed by atoms with Gasteiger partial charge < -0.3 is 15.6 Å². The van der Waals surface area contributed by atoms with Crippen molar-refractivity contribution in [1.29, 1.82) is 0 Å². The highest BCUT2D eigenvalue weighted by Crippen LogP contribution is 2.53. The molecule has 1 saturated carbocycles. The second-order valence-corrected chi connectivity index (χ2v) is 4.55. The molecule has 3 N–H and O–H groups in total. The number of ether oxygens (including phenoxy) is 1. The highest BCUT2D eigenvalue weighted by Gasteiger charge is 2.47. The Labute approximate surface area is 102 Å². The molecule has 0 heterocycles. The molecule has 0 amide bonds. The first-order chi connectivity index (χ1) is 8.34. The van der Waals surface area contributed by atoms with Crippen molar-refractivity contribution in [1.82, 2.24) is 0 Å². The molecule has 1 aliphatic carbocycles. The molecule has 1 aromatic carbocycles. The Morgan fingerprint density at radius 1 is 1.39 bits per heavy atom. The van der Waals surface area contributed by atoms with Gasteiger partial charge in [-0.05, 0) is 25.0 Å². The van der Waals surface area contributed by atoms with E-state index in [0.29, 0.717) is 12.8 Å². The minimum absolute atomic E-state index is 0.0786. The Balaban J connectivity index is 2.60. The van der Waals surface area contributed by atoms with Crippen LogP contribution in [0.15, 0.2) is 12.1 Å². The molecule has 0 aliphatic heterocycles. The number of halogens is 3. The van der Waals surface area contributed by atoms with E-state index < -0.39 is 22.9 Å². The van der Waals surface area contributed by atoms with Crippen LogP contribution in [0.25, 0.3) is 0 Å². The molecule has 0 unspecified atom stereocenters. The Kier molecular flexibility index (Phi) is 2.93. The van der Waals surface area contributed by atoms with Gasteiger partial charge in [0, 0.05) is 17.5 Å². The molecular weight excluding hydrogens is 247 g/mol. The number of hydrogen-bond donors (Lipinski definition) is 2. The maximum Gasteiger partial charge on any atom is 0.420 e. The standard InChI is InChI=1S/C12H14F3NO2/c1-18-7-4-8(11(6-16)2-3-11)10(17)9(5-7)12(13,14)15/h4-5,17H,2-3,6,16H2,1H3. The molecule has 0 radical (unpaired) electrons. The molecule has 1 fully saturated rings. The maximum atomic E-state index is 12.8. The molecule has 2 rings (SSSR count). The second-order valence-electron chi connectivity index (χ2n) is 4.55. The Morgan fingerprint density at radius 2 is 2.00 bits per heavy atom. The lowest BCUT2D eigenvalue weighted by Gasteiger charge is -2.19. The molecule has 0 bridgehead atoms. The zero-order valence-electron chi connectivity index (χ0n) is 9.84. The number of aromatic hydroxyl groups is 1. The number of benzene rings is 1. The fraction of sp³-hybridized carbons (Fsp3) is 0.500. The number of alkyl halides is 3. The average molecular weight is 261 g/mol. The zero-order chi connectivity index (χ0) is 13.6. The third-order valence-electron chi connectivity index (χ3n) is 3.44. The summed E-state index contributed by atoms with van der Waals surface area (Å²) in [6.07, 6.45) is -3.25. The van der Waals surface area contributed by atoms with E-state index in [1.54, 1.807) is 0 Å². The second kappa shape index (κ2) is 4.05. The van der Waals surface area contributed by atoms with Crippen molar-refractivity contribution in [2.24, 2.45) is 5.73 Å². The van der Waals surface area contributed by atoms with E-state index in [9.17, 15) is 18.3 Å². The SMILES string of the molecule is COc1cc(C(F)(F)F)c(O)c(C2(CN)CC2)c1. The number of methoxy groups -OCH3 is 1. The van der Waals surface area contributed by atoms with Crippen molar-refractivity contribution in [3.05, 3.63) is 23.3 Å². The molecule has 0 spiro atoms. The van der Waals surface area contributed by atoms with Crippen molar-refractivity contribution in [2.45, 2.75) is 24.4 Å². The van der Waals surface area contributed by atoms with Gasteiger partial charge in [-0.25, -0.2) is 0 Å². The molecular formula is C12H14F3NO2. The molecule has 1 aromatic rings. The fourth-order valence-electron chi connectivity index (χ4n) is 2.08. The van der Waals surface area contributed by atoms with Crippen molar-refractivity contribution in [2.75, 3.05) is 13.7 Å². The van der Waals surface area contributed by atoms with Crippen LogP contribution in [0.2, 0.25) is 0 Å². The third-order valence-corrected chi connectivity index (χ3v) is 3.44. The summed E-state index contributed by atoms with van der Waals surface area (Å²) in [6, 6.07) is 2.23. The van der Waals surface area contributed by atoms with Gasteiger partial charge in [0.05, 0.1) is 7.11 Å². The van der Waals surface area contributed by atoms with E-state index in [4.69, 9.17) is 10.5 Å². The molecule has 0 saturated heterocycles. The van der Waals surface area contributed by atoms with Gasteiger partial charge in [-0.1, -0.05) is 0 Å². The van der Waals surface area contributed by atoms with Gasteiger partial charge in [-0.2, -0.15) is 13.2 Å². The van der Waals surface area contributed by atoms with Gasteiger partial charge in [-0.3, -0.25) is 0 Å². The molecule has 0 atom stereocenters. The Bertz CT molecular complexity index is 467. The van der Waals surface area contributed by atoms with Crippen LogP contribution in [-0.2, 0) is 11.6 Å². The first-order valence-corrected chi connectivity index (χ1v) is 5.53. The van der Waals surface area contributed by atoms with E-state index in [-0.39, 0.29) is 17.9 Å². The number of rotatable bonds is 3. The molecule has 0 aromatic heterocycles. The van der Waals surface area contributed by atoms with E-state index in [1.165, 1.54) is 13.2 Å². The van der Waals surface area contributed by atoms with Gasteiger partial charge in [0.25, 0.3) is 0 Å². The molecule has 6 heteroatoms. The first-order valence-electron chi connectivity index (χ1n) is 5.53. The minimum Gasteiger partial charge on any atom is -0.507 e. The summed E-state index contributed by atoms with van der Waals surface area (Å²) < 4.78 is 43.3. The van der Waals surface area contributed by atoms with Gasteiger partial charge in [0.1, 0.15) is 17.1 Å². The Hall–Kier alpha value is -1.43. The summed E-state index contributed by atoms with van der Waals surface area (Å²) in [5.41, 5.74) is 4.22. The van der Waals surface area contributed by atoms with Crippen LogP contribution in [0.1, 0.15) is 24.0 Å². The lowest BCUT2D eigenvalue weighted by Crippen LogP contribution is -2.21. The molecule has 18 heavy (non-hydrogen) atoms. The summed E-state index contributed by atoms with van der Waals surface area (Å²) in [7, 11) is 1.29. The van der Waals surface area contributed by atoms with Gasteiger partial charge >= 0.3 is 6.18 Å². The summed E-state index contributed by atoms with van der Waals surface area (Å²) in [5, 5.41) is 9.82. The van der Waals surface area contributed by atoms with Crippen molar-refractivity contribution in [3.8, 4) is 11.5 Å². The van der Waals surface area contributed by atoms with E-state index in [1.807, 2.05) is 0 Å². The number of phenols is 1. The van der Waals surface area contributed by atoms with Gasteiger partial charge in [-0.15, -0.1) is 0 Å². The van der Waals surface area contributed by atoms with Crippen molar-refractivity contribution in [3.63, 3.8) is 0 Å². The normalized spacial score (nSPS) is 17.6. The van der Waals surface area contributed by atoms with Crippen LogP contribution in [0, 0.1) is 0 Å². The van der Waals surface area contributed by atoms with Crippen molar-refractivity contribution >= 4 is 0 Å². The summed E-state index contributed by atoms with van der Waals surface area (Å²) in [4.78, 5) is 0. The van der Waals surface area contributed by atoms with Crippen LogP contribution in [0.5, 0.6) is 11.5 Å². The summed E-state index contributed by atoms with van der Waals surface area (Å²) in [6.45, 7) is 0.213. The zero-order valence-corrected chi connectivity index (χ0v) is 9.84. The predicted molar refractivity (Wildman–Crippen MR) is 59.6 cm³/mol. The van der Waals surface area contributed by atoms with Crippen LogP contribution in [-0.4, -0.2) is 18.8 Å². The van der Waals surface area contributed by atoms with E-state index in [2.05, 4.69) is 0 Å². The predicted octanol–water partition coefficient (Wildman–Crippen LogP) is 2.41. The summed E-state index contributed by atoms with van der Waals surface area (Å²) >= 11 is 0. The topological polar surface area (TPSA) is 55.5 Å². The fourth-order valence-corrected chi connectivity index (χ4v) is 2.08. The van der Waals surface area contributed by atoms with E-state index >= 15 is 0 Å². The van der Waals surface area contributed by atoms with E-state index in [0.717, 1.165) is 6.07 Å². The molecule has 100 valence electrons. The lowest BCUT2D eigenvalue weighted by atomic mass is 9.92. The van der Waals surface area contributed by atoms with Crippen LogP contribution < -0.4 is 10.5 Å². The number of phenolic OH excluding ortho intramolecular Hbond substituents is 1.